The second-order valence-electron chi connectivity index (χ2n) is 5.73. The lowest BCUT2D eigenvalue weighted by Crippen LogP contribution is -2.40. The molecule has 0 bridgehead atoms. The fourth-order valence-corrected chi connectivity index (χ4v) is 2.04. The molecular formula is C14H28OSi. The highest BCUT2D eigenvalue weighted by Gasteiger charge is 2.36. The van der Waals surface area contributed by atoms with E-state index in [9.17, 15) is 0 Å². The van der Waals surface area contributed by atoms with Crippen molar-refractivity contribution < 1.29 is 4.43 Å². The fourth-order valence-electron chi connectivity index (χ4n) is 1.11. The van der Waals surface area contributed by atoms with Gasteiger partial charge in [0.05, 0.1) is 6.61 Å². The molecule has 16 heavy (non-hydrogen) atoms. The van der Waals surface area contributed by atoms with Gasteiger partial charge in [-0.1, -0.05) is 34.6 Å². The number of hydrogen-bond acceptors (Lipinski definition) is 1. The van der Waals surface area contributed by atoms with Gasteiger partial charge in [0, 0.05) is 0 Å². The number of hydrogen-bond donors (Lipinski definition) is 0. The Balaban J connectivity index is 4.33. The highest BCUT2D eigenvalue weighted by atomic mass is 28.4. The van der Waals surface area contributed by atoms with Crippen molar-refractivity contribution in [3.63, 3.8) is 0 Å². The standard InChI is InChI=1S/C14H28OSi/c1-8-13(9-2)11-10-12-15-16(6,7)14(3,4)5/h10H,8-9,12H2,1-7H3. The van der Waals surface area contributed by atoms with E-state index in [0.29, 0.717) is 11.6 Å². The van der Waals surface area contributed by atoms with Crippen LogP contribution in [0.3, 0.4) is 0 Å². The van der Waals surface area contributed by atoms with Gasteiger partial charge in [0.1, 0.15) is 0 Å². The van der Waals surface area contributed by atoms with Crippen LogP contribution in [0.25, 0.3) is 0 Å². The van der Waals surface area contributed by atoms with E-state index < -0.39 is 8.32 Å². The second-order valence-corrected chi connectivity index (χ2v) is 10.5. The molecule has 1 nitrogen and oxygen atoms in total. The topological polar surface area (TPSA) is 9.23 Å². The molecule has 0 N–H and O–H groups in total. The summed E-state index contributed by atoms with van der Waals surface area (Å²) in [4.78, 5) is 0. The second kappa shape index (κ2) is 6.44. The zero-order valence-electron chi connectivity index (χ0n) is 12.1. The molecule has 2 heteroatoms. The Labute approximate surface area is 103 Å². The molecule has 0 radical (unpaired) electrons. The van der Waals surface area contributed by atoms with Crippen molar-refractivity contribution in [2.75, 3.05) is 6.61 Å². The summed E-state index contributed by atoms with van der Waals surface area (Å²) in [6.45, 7) is 16.4. The van der Waals surface area contributed by atoms with Crippen LogP contribution in [0.1, 0.15) is 47.5 Å². The van der Waals surface area contributed by atoms with Gasteiger partial charge >= 0.3 is 0 Å². The molecule has 0 fully saturated rings. The van der Waals surface area contributed by atoms with Crippen LogP contribution in [0.5, 0.6) is 0 Å². The molecule has 0 aromatic rings. The minimum Gasteiger partial charge on any atom is -0.413 e. The highest BCUT2D eigenvalue weighted by Crippen LogP contribution is 2.36. The van der Waals surface area contributed by atoms with E-state index in [2.05, 4.69) is 53.4 Å². The van der Waals surface area contributed by atoms with Crippen LogP contribution >= 0.6 is 0 Å². The van der Waals surface area contributed by atoms with Gasteiger partial charge in [0.25, 0.3) is 0 Å². The summed E-state index contributed by atoms with van der Waals surface area (Å²) in [5.74, 6) is 0. The van der Waals surface area contributed by atoms with Gasteiger partial charge < -0.3 is 4.43 Å². The van der Waals surface area contributed by atoms with Gasteiger partial charge in [0.15, 0.2) is 8.32 Å². The molecule has 0 atom stereocenters. The van der Waals surface area contributed by atoms with Crippen LogP contribution in [0, 0.1) is 0 Å². The summed E-state index contributed by atoms with van der Waals surface area (Å²) in [7, 11) is -1.58. The number of rotatable bonds is 5. The zero-order valence-corrected chi connectivity index (χ0v) is 13.1. The summed E-state index contributed by atoms with van der Waals surface area (Å²) >= 11 is 0. The molecule has 0 heterocycles. The third kappa shape index (κ3) is 5.15. The molecule has 0 aromatic heterocycles. The Morgan fingerprint density at radius 1 is 1.19 bits per heavy atom. The maximum absolute atomic E-state index is 6.04. The Morgan fingerprint density at radius 3 is 2.06 bits per heavy atom. The van der Waals surface area contributed by atoms with Crippen molar-refractivity contribution in [1.82, 2.24) is 0 Å². The summed E-state index contributed by atoms with van der Waals surface area (Å²) in [6, 6.07) is 0. The van der Waals surface area contributed by atoms with Gasteiger partial charge in [0.2, 0.25) is 0 Å². The maximum Gasteiger partial charge on any atom is 0.192 e. The summed E-state index contributed by atoms with van der Waals surface area (Å²) in [5.41, 5.74) is 4.71. The van der Waals surface area contributed by atoms with Crippen molar-refractivity contribution in [2.45, 2.75) is 65.6 Å². The van der Waals surface area contributed by atoms with Gasteiger partial charge in [-0.25, -0.2) is 0 Å². The van der Waals surface area contributed by atoms with E-state index in [0.717, 1.165) is 12.8 Å². The first-order valence-corrected chi connectivity index (χ1v) is 9.22. The van der Waals surface area contributed by atoms with Crippen LogP contribution in [0.15, 0.2) is 17.4 Å². The SMILES string of the molecule is CCC(=C=CCO[Si](C)(C)C(C)(C)C)CC. The van der Waals surface area contributed by atoms with Crippen molar-refractivity contribution in [1.29, 1.82) is 0 Å². The predicted molar refractivity (Wildman–Crippen MR) is 75.3 cm³/mol. The average Bonchev–Trinajstić information content (AvgIpc) is 2.16. The molecule has 94 valence electrons. The fraction of sp³-hybridized carbons (Fsp3) is 0.786. The summed E-state index contributed by atoms with van der Waals surface area (Å²) in [5, 5.41) is 0.295. The van der Waals surface area contributed by atoms with E-state index in [-0.39, 0.29) is 0 Å². The molecular weight excluding hydrogens is 212 g/mol. The van der Waals surface area contributed by atoms with E-state index in [4.69, 9.17) is 4.43 Å². The lowest BCUT2D eigenvalue weighted by atomic mass is 10.2. The lowest BCUT2D eigenvalue weighted by molar-refractivity contribution is 0.328. The summed E-state index contributed by atoms with van der Waals surface area (Å²) < 4.78 is 6.04. The minimum atomic E-state index is -1.58. The first-order chi connectivity index (χ1) is 7.24. The molecule has 0 saturated heterocycles. The Kier molecular flexibility index (Phi) is 6.31. The van der Waals surface area contributed by atoms with Crippen molar-refractivity contribution in [3.05, 3.63) is 17.4 Å². The van der Waals surface area contributed by atoms with Crippen molar-refractivity contribution >= 4 is 8.32 Å². The monoisotopic (exact) mass is 240 g/mol. The first-order valence-electron chi connectivity index (χ1n) is 6.31. The van der Waals surface area contributed by atoms with Gasteiger partial charge in [-0.3, -0.25) is 0 Å². The summed E-state index contributed by atoms with van der Waals surface area (Å²) in [6.07, 6.45) is 4.23. The van der Waals surface area contributed by atoms with Crippen LogP contribution in [-0.2, 0) is 4.43 Å². The normalized spacial score (nSPS) is 12.2. The quantitative estimate of drug-likeness (QED) is 0.490. The van der Waals surface area contributed by atoms with Gasteiger partial charge in [-0.2, -0.15) is 0 Å². The predicted octanol–water partition coefficient (Wildman–Crippen LogP) is 4.91. The molecule has 0 aromatic carbocycles. The van der Waals surface area contributed by atoms with E-state index in [1.54, 1.807) is 0 Å². The Bertz CT molecular complexity index is 259. The third-order valence-corrected chi connectivity index (χ3v) is 7.99. The first kappa shape index (κ1) is 15.7. The third-order valence-electron chi connectivity index (χ3n) is 3.49. The van der Waals surface area contributed by atoms with Crippen LogP contribution in [-0.4, -0.2) is 14.9 Å². The smallest absolute Gasteiger partial charge is 0.192 e. The molecule has 0 rings (SSSR count). The minimum absolute atomic E-state index is 0.295. The molecule has 0 aliphatic heterocycles. The van der Waals surface area contributed by atoms with E-state index >= 15 is 0 Å². The van der Waals surface area contributed by atoms with Crippen LogP contribution < -0.4 is 0 Å². The molecule has 0 amide bonds. The molecule has 0 aliphatic rings. The van der Waals surface area contributed by atoms with Crippen molar-refractivity contribution in [3.8, 4) is 0 Å². The van der Waals surface area contributed by atoms with E-state index in [1.165, 1.54) is 5.57 Å². The Morgan fingerprint density at radius 2 is 1.69 bits per heavy atom. The largest absolute Gasteiger partial charge is 0.413 e. The molecule has 0 unspecified atom stereocenters. The van der Waals surface area contributed by atoms with E-state index in [1.807, 2.05) is 6.08 Å². The maximum atomic E-state index is 6.04. The van der Waals surface area contributed by atoms with Gasteiger partial charge in [-0.05, 0) is 42.6 Å². The van der Waals surface area contributed by atoms with Gasteiger partial charge in [-0.15, -0.1) is 5.73 Å². The molecule has 0 saturated carbocycles. The van der Waals surface area contributed by atoms with Crippen LogP contribution in [0.2, 0.25) is 18.1 Å². The van der Waals surface area contributed by atoms with Crippen molar-refractivity contribution in [2.24, 2.45) is 0 Å². The van der Waals surface area contributed by atoms with Crippen LogP contribution in [0.4, 0.5) is 0 Å². The molecule has 0 spiro atoms. The Hall–Kier alpha value is -0.303. The average molecular weight is 240 g/mol. The lowest BCUT2D eigenvalue weighted by Gasteiger charge is -2.35. The molecule has 0 aliphatic carbocycles. The highest BCUT2D eigenvalue weighted by molar-refractivity contribution is 6.74. The zero-order chi connectivity index (χ0) is 12.8.